The van der Waals surface area contributed by atoms with E-state index in [9.17, 15) is 4.79 Å². The van der Waals surface area contributed by atoms with Crippen LogP contribution in [0.25, 0.3) is 0 Å². The van der Waals surface area contributed by atoms with Gasteiger partial charge >= 0.3 is 5.69 Å². The SMILES string of the molecule is C#CCSc1nc(=O)n(CCCO)c2c1CCC2. The second kappa shape index (κ2) is 6.07. The molecule has 0 atom stereocenters. The van der Waals surface area contributed by atoms with Gasteiger partial charge in [-0.1, -0.05) is 17.7 Å². The first-order valence-electron chi connectivity index (χ1n) is 6.07. The summed E-state index contributed by atoms with van der Waals surface area (Å²) in [6.07, 6.45) is 8.78. The largest absolute Gasteiger partial charge is 0.396 e. The fraction of sp³-hybridized carbons (Fsp3) is 0.538. The Morgan fingerprint density at radius 3 is 3.06 bits per heavy atom. The summed E-state index contributed by atoms with van der Waals surface area (Å²) in [7, 11) is 0. The summed E-state index contributed by atoms with van der Waals surface area (Å²) >= 11 is 1.46. The number of fused-ring (bicyclic) bond motifs is 1. The molecule has 1 aromatic rings. The average Bonchev–Trinajstić information content (AvgIpc) is 2.84. The molecule has 2 rings (SSSR count). The van der Waals surface area contributed by atoms with Crippen LogP contribution in [0.3, 0.4) is 0 Å². The zero-order valence-corrected chi connectivity index (χ0v) is 11.0. The number of terminal acetylenes is 1. The van der Waals surface area contributed by atoms with Crippen LogP contribution in [-0.4, -0.2) is 27.0 Å². The molecule has 0 unspecified atom stereocenters. The van der Waals surface area contributed by atoms with Gasteiger partial charge in [-0.05, 0) is 25.7 Å². The highest BCUT2D eigenvalue weighted by Gasteiger charge is 2.21. The molecule has 96 valence electrons. The summed E-state index contributed by atoms with van der Waals surface area (Å²) in [6.45, 7) is 0.638. The molecular weight excluding hydrogens is 248 g/mol. The van der Waals surface area contributed by atoms with Crippen LogP contribution in [0.1, 0.15) is 24.1 Å². The fourth-order valence-electron chi connectivity index (χ4n) is 2.28. The Morgan fingerprint density at radius 1 is 1.50 bits per heavy atom. The van der Waals surface area contributed by atoms with Crippen LogP contribution in [0.5, 0.6) is 0 Å². The number of thioether (sulfide) groups is 1. The Hall–Kier alpha value is -1.25. The second-order valence-electron chi connectivity index (χ2n) is 4.20. The molecule has 0 spiro atoms. The lowest BCUT2D eigenvalue weighted by atomic mass is 10.2. The number of aliphatic hydroxyl groups excluding tert-OH is 1. The average molecular weight is 264 g/mol. The smallest absolute Gasteiger partial charge is 0.348 e. The van der Waals surface area contributed by atoms with Crippen LogP contribution in [0, 0.1) is 12.3 Å². The van der Waals surface area contributed by atoms with Crippen LogP contribution < -0.4 is 5.69 Å². The molecule has 1 N–H and O–H groups in total. The van der Waals surface area contributed by atoms with Crippen molar-refractivity contribution in [1.82, 2.24) is 9.55 Å². The highest BCUT2D eigenvalue weighted by molar-refractivity contribution is 7.99. The normalized spacial score (nSPS) is 13.3. The van der Waals surface area contributed by atoms with Crippen LogP contribution in [-0.2, 0) is 19.4 Å². The Kier molecular flexibility index (Phi) is 4.45. The highest BCUT2D eigenvalue weighted by Crippen LogP contribution is 2.28. The highest BCUT2D eigenvalue weighted by atomic mass is 32.2. The number of hydrogen-bond acceptors (Lipinski definition) is 4. The van der Waals surface area contributed by atoms with E-state index in [1.54, 1.807) is 4.57 Å². The first-order chi connectivity index (χ1) is 8.77. The number of rotatable bonds is 5. The third kappa shape index (κ3) is 2.60. The van der Waals surface area contributed by atoms with E-state index < -0.39 is 0 Å². The summed E-state index contributed by atoms with van der Waals surface area (Å²) in [4.78, 5) is 16.1. The molecule has 1 aliphatic rings. The van der Waals surface area contributed by atoms with E-state index in [-0.39, 0.29) is 12.3 Å². The molecule has 0 fully saturated rings. The minimum atomic E-state index is -0.219. The Bertz CT molecular complexity index is 531. The van der Waals surface area contributed by atoms with Crippen molar-refractivity contribution in [1.29, 1.82) is 0 Å². The van der Waals surface area contributed by atoms with Gasteiger partial charge in [0.2, 0.25) is 0 Å². The second-order valence-corrected chi connectivity index (χ2v) is 5.16. The lowest BCUT2D eigenvalue weighted by molar-refractivity contribution is 0.277. The van der Waals surface area contributed by atoms with Crippen molar-refractivity contribution in [3.05, 3.63) is 21.7 Å². The summed E-state index contributed by atoms with van der Waals surface area (Å²) < 4.78 is 1.71. The van der Waals surface area contributed by atoms with Gasteiger partial charge in [-0.25, -0.2) is 4.79 Å². The standard InChI is InChI=1S/C13H16N2O2S/c1-2-9-18-12-10-5-3-6-11(10)15(7-4-8-16)13(17)14-12/h1,16H,3-9H2. The summed E-state index contributed by atoms with van der Waals surface area (Å²) in [5, 5.41) is 9.67. The predicted octanol–water partition coefficient (Wildman–Crippen LogP) is 0.840. The van der Waals surface area contributed by atoms with Crippen molar-refractivity contribution in [3.63, 3.8) is 0 Å². The molecular formula is C13H16N2O2S. The van der Waals surface area contributed by atoms with Crippen LogP contribution in [0.15, 0.2) is 9.82 Å². The molecule has 1 aromatic heterocycles. The minimum Gasteiger partial charge on any atom is -0.396 e. The molecule has 0 amide bonds. The molecule has 5 heteroatoms. The molecule has 0 aromatic carbocycles. The quantitative estimate of drug-likeness (QED) is 0.486. The van der Waals surface area contributed by atoms with Gasteiger partial charge in [-0.3, -0.25) is 4.57 Å². The van der Waals surface area contributed by atoms with Crippen molar-refractivity contribution in [2.75, 3.05) is 12.4 Å². The first kappa shape index (κ1) is 13.2. The molecule has 1 aliphatic carbocycles. The van der Waals surface area contributed by atoms with E-state index in [1.165, 1.54) is 17.3 Å². The van der Waals surface area contributed by atoms with Gasteiger partial charge in [-0.15, -0.1) is 6.42 Å². The van der Waals surface area contributed by atoms with Crippen LogP contribution in [0.2, 0.25) is 0 Å². The summed E-state index contributed by atoms with van der Waals surface area (Å²) in [6, 6.07) is 0. The Balaban J connectivity index is 2.37. The zero-order chi connectivity index (χ0) is 13.0. The Morgan fingerprint density at radius 2 is 2.33 bits per heavy atom. The van der Waals surface area contributed by atoms with E-state index in [2.05, 4.69) is 10.9 Å². The predicted molar refractivity (Wildman–Crippen MR) is 71.8 cm³/mol. The van der Waals surface area contributed by atoms with Crippen molar-refractivity contribution < 1.29 is 5.11 Å². The van der Waals surface area contributed by atoms with Crippen LogP contribution >= 0.6 is 11.8 Å². The topological polar surface area (TPSA) is 55.1 Å². The molecule has 0 aliphatic heterocycles. The zero-order valence-electron chi connectivity index (χ0n) is 10.2. The monoisotopic (exact) mass is 264 g/mol. The molecule has 1 heterocycles. The molecule has 0 radical (unpaired) electrons. The number of aliphatic hydroxyl groups is 1. The minimum absolute atomic E-state index is 0.0921. The van der Waals surface area contributed by atoms with E-state index in [0.717, 1.165) is 30.0 Å². The number of aromatic nitrogens is 2. The van der Waals surface area contributed by atoms with Gasteiger partial charge in [0.15, 0.2) is 0 Å². The van der Waals surface area contributed by atoms with Gasteiger partial charge in [0, 0.05) is 24.4 Å². The van der Waals surface area contributed by atoms with Gasteiger partial charge < -0.3 is 5.11 Å². The lowest BCUT2D eigenvalue weighted by Gasteiger charge is -2.13. The van der Waals surface area contributed by atoms with Crippen LogP contribution in [0.4, 0.5) is 0 Å². The lowest BCUT2D eigenvalue weighted by Crippen LogP contribution is -2.27. The summed E-state index contributed by atoms with van der Waals surface area (Å²) in [5.74, 6) is 3.10. The molecule has 0 saturated heterocycles. The number of nitrogens with zero attached hydrogens (tertiary/aromatic N) is 2. The number of hydrogen-bond donors (Lipinski definition) is 1. The molecule has 4 nitrogen and oxygen atoms in total. The molecule has 0 saturated carbocycles. The first-order valence-corrected chi connectivity index (χ1v) is 7.06. The fourth-order valence-corrected chi connectivity index (χ4v) is 3.03. The van der Waals surface area contributed by atoms with Crippen molar-refractivity contribution in [3.8, 4) is 12.3 Å². The molecule has 0 bridgehead atoms. The van der Waals surface area contributed by atoms with E-state index in [0.29, 0.717) is 18.7 Å². The maximum absolute atomic E-state index is 12.0. The van der Waals surface area contributed by atoms with Gasteiger partial charge in [0.25, 0.3) is 0 Å². The van der Waals surface area contributed by atoms with E-state index in [1.807, 2.05) is 0 Å². The van der Waals surface area contributed by atoms with E-state index in [4.69, 9.17) is 11.5 Å². The van der Waals surface area contributed by atoms with Crippen molar-refractivity contribution in [2.24, 2.45) is 0 Å². The van der Waals surface area contributed by atoms with Gasteiger partial charge in [0.05, 0.1) is 5.75 Å². The third-order valence-corrected chi connectivity index (χ3v) is 3.95. The summed E-state index contributed by atoms with van der Waals surface area (Å²) in [5.41, 5.74) is 2.04. The van der Waals surface area contributed by atoms with Crippen molar-refractivity contribution in [2.45, 2.75) is 37.3 Å². The maximum Gasteiger partial charge on any atom is 0.348 e. The van der Waals surface area contributed by atoms with E-state index >= 15 is 0 Å². The molecule has 18 heavy (non-hydrogen) atoms. The Labute approximate surface area is 110 Å². The third-order valence-electron chi connectivity index (χ3n) is 3.03. The maximum atomic E-state index is 12.0. The van der Waals surface area contributed by atoms with Gasteiger partial charge in [-0.2, -0.15) is 4.98 Å². The van der Waals surface area contributed by atoms with Crippen molar-refractivity contribution >= 4 is 11.8 Å². The van der Waals surface area contributed by atoms with Gasteiger partial charge in [0.1, 0.15) is 5.03 Å².